The molecule has 0 radical (unpaired) electrons. The highest BCUT2D eigenvalue weighted by Gasteiger charge is 2.30. The molecule has 40 heavy (non-hydrogen) atoms. The van der Waals surface area contributed by atoms with Crippen LogP contribution in [0.2, 0.25) is 5.02 Å². The molecule has 4 aromatic rings. The molecule has 208 valence electrons. The predicted molar refractivity (Wildman–Crippen MR) is 153 cm³/mol. The minimum absolute atomic E-state index is 0.0791. The lowest BCUT2D eigenvalue weighted by Crippen LogP contribution is -2.42. The van der Waals surface area contributed by atoms with E-state index in [4.69, 9.17) is 16.3 Å². The highest BCUT2D eigenvalue weighted by atomic mass is 35.5. The number of benzene rings is 1. The van der Waals surface area contributed by atoms with Crippen LogP contribution in [0.5, 0.6) is 0 Å². The number of likely N-dealkylation sites (tertiary alicyclic amines) is 1. The maximum atomic E-state index is 13.4. The lowest BCUT2D eigenvalue weighted by atomic mass is 10.1. The fourth-order valence-electron chi connectivity index (χ4n) is 4.67. The molecule has 1 saturated heterocycles. The normalized spacial score (nSPS) is 14.3. The summed E-state index contributed by atoms with van der Waals surface area (Å²) >= 11 is 6.42. The standard InChI is InChI=1S/C29H32ClN7O3/c1-19-14-20(21-16-32-36(18-21)22-8-6-5-7-9-22)15-31-26(19)34-27(38)25-24(30)17-33-37(25)23-10-12-35(13-11-23)28(39)40-29(2,3)4/h5-9,14-18,23H,10-13H2,1-4H3,(H,31,34,38). The number of pyridine rings is 1. The lowest BCUT2D eigenvalue weighted by Gasteiger charge is -2.33. The first-order valence-electron chi connectivity index (χ1n) is 13.2. The van der Waals surface area contributed by atoms with Gasteiger partial charge in [-0.05, 0) is 64.3 Å². The number of hydrogen-bond donors (Lipinski definition) is 1. The molecule has 11 heteroatoms. The Morgan fingerprint density at radius 1 is 1.02 bits per heavy atom. The van der Waals surface area contributed by atoms with Crippen LogP contribution in [0, 0.1) is 6.92 Å². The van der Waals surface area contributed by atoms with Crippen molar-refractivity contribution in [1.82, 2.24) is 29.4 Å². The number of hydrogen-bond acceptors (Lipinski definition) is 6. The molecule has 5 rings (SSSR count). The van der Waals surface area contributed by atoms with Gasteiger partial charge in [0.05, 0.1) is 29.1 Å². The van der Waals surface area contributed by atoms with E-state index in [9.17, 15) is 9.59 Å². The smallest absolute Gasteiger partial charge is 0.410 e. The van der Waals surface area contributed by atoms with Crippen LogP contribution in [-0.2, 0) is 4.74 Å². The number of aromatic nitrogens is 5. The van der Waals surface area contributed by atoms with Crippen LogP contribution in [0.1, 0.15) is 55.7 Å². The molecule has 1 fully saturated rings. The van der Waals surface area contributed by atoms with E-state index >= 15 is 0 Å². The third-order valence-electron chi connectivity index (χ3n) is 6.67. The fourth-order valence-corrected chi connectivity index (χ4v) is 4.89. The number of amides is 2. The molecule has 0 unspecified atom stereocenters. The van der Waals surface area contributed by atoms with Crippen molar-refractivity contribution < 1.29 is 14.3 Å². The molecule has 10 nitrogen and oxygen atoms in total. The number of nitrogens with one attached hydrogen (secondary N) is 1. The van der Waals surface area contributed by atoms with E-state index in [1.165, 1.54) is 6.20 Å². The zero-order chi connectivity index (χ0) is 28.4. The van der Waals surface area contributed by atoms with Gasteiger partial charge >= 0.3 is 6.09 Å². The Balaban J connectivity index is 1.27. The molecule has 0 bridgehead atoms. The maximum Gasteiger partial charge on any atom is 0.410 e. The summed E-state index contributed by atoms with van der Waals surface area (Å²) in [5.41, 5.74) is 3.28. The summed E-state index contributed by atoms with van der Waals surface area (Å²) in [6.07, 6.45) is 7.83. The highest BCUT2D eigenvalue weighted by Crippen LogP contribution is 2.29. The van der Waals surface area contributed by atoms with E-state index in [0.717, 1.165) is 22.4 Å². The monoisotopic (exact) mass is 561 g/mol. The minimum atomic E-state index is -0.552. The molecule has 1 aliphatic rings. The Bertz CT molecular complexity index is 1520. The summed E-state index contributed by atoms with van der Waals surface area (Å²) in [6.45, 7) is 8.43. The number of ether oxygens (including phenoxy) is 1. The molecular weight excluding hydrogens is 530 g/mol. The summed E-state index contributed by atoms with van der Waals surface area (Å²) in [5.74, 6) is 0.0464. The van der Waals surface area contributed by atoms with Gasteiger partial charge in [-0.3, -0.25) is 9.48 Å². The third kappa shape index (κ3) is 6.02. The first-order valence-corrected chi connectivity index (χ1v) is 13.6. The zero-order valence-corrected chi connectivity index (χ0v) is 23.7. The van der Waals surface area contributed by atoms with Crippen molar-refractivity contribution in [3.05, 3.63) is 77.5 Å². The number of para-hydroxylation sites is 1. The van der Waals surface area contributed by atoms with Gasteiger partial charge in [-0.25, -0.2) is 14.5 Å². The van der Waals surface area contributed by atoms with Crippen LogP contribution in [0.25, 0.3) is 16.8 Å². The van der Waals surface area contributed by atoms with Gasteiger partial charge in [0, 0.05) is 36.6 Å². The number of rotatable bonds is 5. The molecular formula is C29H32ClN7O3. The Labute approximate surface area is 237 Å². The summed E-state index contributed by atoms with van der Waals surface area (Å²) in [4.78, 5) is 32.0. The SMILES string of the molecule is Cc1cc(-c2cnn(-c3ccccc3)c2)cnc1NC(=O)c1c(Cl)cnn1C1CCN(C(=O)OC(C)(C)C)CC1. The number of carbonyl (C=O) groups is 2. The Morgan fingerprint density at radius 2 is 1.75 bits per heavy atom. The van der Waals surface area contributed by atoms with E-state index < -0.39 is 11.5 Å². The van der Waals surface area contributed by atoms with Crippen LogP contribution >= 0.6 is 11.6 Å². The average Bonchev–Trinajstić information content (AvgIpc) is 3.57. The second-order valence-corrected chi connectivity index (χ2v) is 11.2. The van der Waals surface area contributed by atoms with Gasteiger partial charge < -0.3 is 15.0 Å². The largest absolute Gasteiger partial charge is 0.444 e. The van der Waals surface area contributed by atoms with Crippen LogP contribution in [0.15, 0.2) is 61.2 Å². The molecule has 0 atom stereocenters. The van der Waals surface area contributed by atoms with Crippen LogP contribution < -0.4 is 5.32 Å². The zero-order valence-electron chi connectivity index (χ0n) is 23.0. The van der Waals surface area contributed by atoms with Crippen LogP contribution in [0.4, 0.5) is 10.6 Å². The van der Waals surface area contributed by atoms with Crippen LogP contribution in [0.3, 0.4) is 0 Å². The molecule has 2 amide bonds. The number of halogens is 1. The van der Waals surface area contributed by atoms with E-state index in [-0.39, 0.29) is 22.9 Å². The van der Waals surface area contributed by atoms with Gasteiger partial charge in [-0.15, -0.1) is 0 Å². The maximum absolute atomic E-state index is 13.4. The predicted octanol–water partition coefficient (Wildman–Crippen LogP) is 5.92. The number of anilines is 1. The molecule has 1 N–H and O–H groups in total. The Hall–Kier alpha value is -4.18. The summed E-state index contributed by atoms with van der Waals surface area (Å²) in [5, 5.41) is 12.0. The number of nitrogens with zero attached hydrogens (tertiary/aromatic N) is 6. The third-order valence-corrected chi connectivity index (χ3v) is 6.95. The minimum Gasteiger partial charge on any atom is -0.444 e. The van der Waals surface area contributed by atoms with Crippen LogP contribution in [-0.4, -0.2) is 60.1 Å². The van der Waals surface area contributed by atoms with Gasteiger partial charge in [0.15, 0.2) is 0 Å². The van der Waals surface area contributed by atoms with Crippen molar-refractivity contribution in [3.8, 4) is 16.8 Å². The second-order valence-electron chi connectivity index (χ2n) is 10.8. The van der Waals surface area contributed by atoms with Gasteiger partial charge in [0.2, 0.25) is 0 Å². The molecule has 0 aliphatic carbocycles. The van der Waals surface area contributed by atoms with E-state index in [2.05, 4.69) is 20.5 Å². The topological polar surface area (TPSA) is 107 Å². The number of carbonyl (C=O) groups excluding carboxylic acids is 2. The van der Waals surface area contributed by atoms with Gasteiger partial charge in [-0.1, -0.05) is 29.8 Å². The van der Waals surface area contributed by atoms with Gasteiger partial charge in [0.1, 0.15) is 17.1 Å². The van der Waals surface area contributed by atoms with Gasteiger partial charge in [0.25, 0.3) is 5.91 Å². The molecule has 1 aromatic carbocycles. The summed E-state index contributed by atoms with van der Waals surface area (Å²) < 4.78 is 8.95. The van der Waals surface area contributed by atoms with E-state index in [0.29, 0.717) is 31.7 Å². The van der Waals surface area contributed by atoms with Crippen molar-refractivity contribution in [1.29, 1.82) is 0 Å². The Kier molecular flexibility index (Phi) is 7.62. The lowest BCUT2D eigenvalue weighted by molar-refractivity contribution is 0.0183. The van der Waals surface area contributed by atoms with E-state index in [1.807, 2.05) is 75.0 Å². The van der Waals surface area contributed by atoms with E-state index in [1.54, 1.807) is 22.0 Å². The van der Waals surface area contributed by atoms with Crippen molar-refractivity contribution in [2.45, 2.75) is 52.2 Å². The first kappa shape index (κ1) is 27.4. The molecule has 4 heterocycles. The number of piperidine rings is 1. The second kappa shape index (κ2) is 11.1. The molecule has 1 aliphatic heterocycles. The molecule has 0 saturated carbocycles. The van der Waals surface area contributed by atoms with Crippen molar-refractivity contribution in [2.75, 3.05) is 18.4 Å². The molecule has 3 aromatic heterocycles. The first-order chi connectivity index (χ1) is 19.1. The van der Waals surface area contributed by atoms with Crippen molar-refractivity contribution >= 4 is 29.4 Å². The molecule has 0 spiro atoms. The quantitative estimate of drug-likeness (QED) is 0.324. The Morgan fingerprint density at radius 3 is 2.42 bits per heavy atom. The number of aryl methyl sites for hydroxylation is 1. The fraction of sp³-hybridized carbons (Fsp3) is 0.345. The van der Waals surface area contributed by atoms with Gasteiger partial charge in [-0.2, -0.15) is 10.2 Å². The summed E-state index contributed by atoms with van der Waals surface area (Å²) in [7, 11) is 0. The summed E-state index contributed by atoms with van der Waals surface area (Å²) in [6, 6.07) is 11.7. The highest BCUT2D eigenvalue weighted by molar-refractivity contribution is 6.34. The van der Waals surface area contributed by atoms with Crippen molar-refractivity contribution in [3.63, 3.8) is 0 Å². The average molecular weight is 562 g/mol. The van der Waals surface area contributed by atoms with Crippen molar-refractivity contribution in [2.24, 2.45) is 0 Å².